The van der Waals surface area contributed by atoms with Crippen molar-refractivity contribution in [2.75, 3.05) is 19.7 Å². The molecule has 1 aromatic carbocycles. The molecule has 0 aromatic heterocycles. The average Bonchev–Trinajstić information content (AvgIpc) is 2.76. The van der Waals surface area contributed by atoms with E-state index in [1.54, 1.807) is 0 Å². The van der Waals surface area contributed by atoms with Gasteiger partial charge in [0.1, 0.15) is 0 Å². The summed E-state index contributed by atoms with van der Waals surface area (Å²) in [7, 11) is 0. The number of halogens is 1. The summed E-state index contributed by atoms with van der Waals surface area (Å²) < 4.78 is 0.993. The molecule has 1 aliphatic heterocycles. The van der Waals surface area contributed by atoms with Crippen LogP contribution in [0.2, 0.25) is 0 Å². The fourth-order valence-electron chi connectivity index (χ4n) is 2.83. The van der Waals surface area contributed by atoms with Crippen LogP contribution < -0.4 is 0 Å². The van der Waals surface area contributed by atoms with Crippen LogP contribution in [0.25, 0.3) is 0 Å². The molecule has 1 aliphatic rings. The van der Waals surface area contributed by atoms with Crippen LogP contribution >= 0.6 is 15.9 Å². The Morgan fingerprint density at radius 1 is 1.47 bits per heavy atom. The molecule has 0 saturated carbocycles. The monoisotopic (exact) mass is 327 g/mol. The first-order valence-electron chi connectivity index (χ1n) is 6.90. The Kier molecular flexibility index (Phi) is 5.39. The van der Waals surface area contributed by atoms with Gasteiger partial charge in [0, 0.05) is 17.1 Å². The normalized spacial score (nSPS) is 25.7. The zero-order valence-electron chi connectivity index (χ0n) is 11.3. The van der Waals surface area contributed by atoms with Crippen LogP contribution in [0.5, 0.6) is 0 Å². The molecule has 3 unspecified atom stereocenters. The summed E-state index contributed by atoms with van der Waals surface area (Å²) in [6, 6.07) is 8.07. The Morgan fingerprint density at radius 2 is 2.26 bits per heavy atom. The number of likely N-dealkylation sites (tertiary alicyclic amines) is 1. The highest BCUT2D eigenvalue weighted by Crippen LogP contribution is 2.26. The van der Waals surface area contributed by atoms with Crippen molar-refractivity contribution in [1.82, 2.24) is 4.90 Å². The maximum Gasteiger partial charge on any atom is 0.0802 e. The van der Waals surface area contributed by atoms with Gasteiger partial charge in [0.05, 0.1) is 12.7 Å². The highest BCUT2D eigenvalue weighted by Gasteiger charge is 2.30. The first-order valence-corrected chi connectivity index (χ1v) is 7.69. The maximum atomic E-state index is 10.2. The Hall–Kier alpha value is -0.420. The first kappa shape index (κ1) is 15.0. The predicted molar refractivity (Wildman–Crippen MR) is 79.9 cm³/mol. The Bertz CT molecular complexity index is 413. The van der Waals surface area contributed by atoms with E-state index in [9.17, 15) is 10.2 Å². The molecule has 1 aromatic rings. The van der Waals surface area contributed by atoms with Gasteiger partial charge in [-0.05, 0) is 43.0 Å². The third kappa shape index (κ3) is 3.78. The fourth-order valence-corrected chi connectivity index (χ4v) is 3.25. The fraction of sp³-hybridized carbons (Fsp3) is 0.600. The van der Waals surface area contributed by atoms with E-state index in [0.717, 1.165) is 29.5 Å². The molecule has 3 atom stereocenters. The number of rotatable bonds is 5. The predicted octanol–water partition coefficient (Wildman–Crippen LogP) is 2.58. The average molecular weight is 328 g/mol. The summed E-state index contributed by atoms with van der Waals surface area (Å²) in [6.45, 7) is 4.26. The number of aliphatic hydroxyl groups is 2. The van der Waals surface area contributed by atoms with E-state index in [2.05, 4.69) is 27.8 Å². The van der Waals surface area contributed by atoms with Gasteiger partial charge in [-0.25, -0.2) is 0 Å². The smallest absolute Gasteiger partial charge is 0.0802 e. The topological polar surface area (TPSA) is 43.7 Å². The van der Waals surface area contributed by atoms with E-state index in [-0.39, 0.29) is 12.6 Å². The van der Waals surface area contributed by atoms with E-state index >= 15 is 0 Å². The van der Waals surface area contributed by atoms with Crippen LogP contribution in [0.15, 0.2) is 28.7 Å². The van der Waals surface area contributed by atoms with Crippen molar-refractivity contribution in [3.8, 4) is 0 Å². The van der Waals surface area contributed by atoms with Crippen molar-refractivity contribution < 1.29 is 10.2 Å². The summed E-state index contributed by atoms with van der Waals surface area (Å²) >= 11 is 3.42. The molecule has 2 N–H and O–H groups in total. The van der Waals surface area contributed by atoms with Crippen molar-refractivity contribution in [3.63, 3.8) is 0 Å². The van der Waals surface area contributed by atoms with Gasteiger partial charge in [-0.2, -0.15) is 0 Å². The molecule has 1 saturated heterocycles. The van der Waals surface area contributed by atoms with Crippen LogP contribution in [0, 0.1) is 5.92 Å². The lowest BCUT2D eigenvalue weighted by molar-refractivity contribution is 0.107. The lowest BCUT2D eigenvalue weighted by Gasteiger charge is -2.26. The SMILES string of the molecule is CC1CCN(CCC(O)c2cccc(Br)c2)C1CO. The summed E-state index contributed by atoms with van der Waals surface area (Å²) in [4.78, 5) is 2.30. The Labute approximate surface area is 123 Å². The summed E-state index contributed by atoms with van der Waals surface area (Å²) in [5.74, 6) is 0.549. The van der Waals surface area contributed by atoms with Crippen LogP contribution in [0.3, 0.4) is 0 Å². The number of nitrogens with zero attached hydrogens (tertiary/aromatic N) is 1. The number of hydrogen-bond donors (Lipinski definition) is 2. The first-order chi connectivity index (χ1) is 9.11. The second-order valence-corrected chi connectivity index (χ2v) is 6.33. The minimum absolute atomic E-state index is 0.216. The van der Waals surface area contributed by atoms with Gasteiger partial charge in [-0.3, -0.25) is 4.90 Å². The van der Waals surface area contributed by atoms with Crippen molar-refractivity contribution in [1.29, 1.82) is 0 Å². The highest BCUT2D eigenvalue weighted by molar-refractivity contribution is 9.10. The molecule has 1 fully saturated rings. The Balaban J connectivity index is 1.88. The van der Waals surface area contributed by atoms with E-state index in [0.29, 0.717) is 12.3 Å². The second kappa shape index (κ2) is 6.84. The molecule has 4 heteroatoms. The molecule has 2 rings (SSSR count). The molecular weight excluding hydrogens is 306 g/mol. The molecule has 1 heterocycles. The molecule has 0 spiro atoms. The molecule has 19 heavy (non-hydrogen) atoms. The van der Waals surface area contributed by atoms with E-state index in [1.165, 1.54) is 0 Å². The van der Waals surface area contributed by atoms with Crippen LogP contribution in [-0.4, -0.2) is 40.9 Å². The van der Waals surface area contributed by atoms with Crippen LogP contribution in [0.4, 0.5) is 0 Å². The number of hydrogen-bond acceptors (Lipinski definition) is 3. The van der Waals surface area contributed by atoms with Gasteiger partial charge in [0.15, 0.2) is 0 Å². The Morgan fingerprint density at radius 3 is 2.95 bits per heavy atom. The molecule has 0 bridgehead atoms. The van der Waals surface area contributed by atoms with E-state index < -0.39 is 6.10 Å². The highest BCUT2D eigenvalue weighted by atomic mass is 79.9. The molecule has 3 nitrogen and oxygen atoms in total. The summed E-state index contributed by atoms with van der Waals surface area (Å²) in [6.07, 6.45) is 1.41. The number of aliphatic hydroxyl groups excluding tert-OH is 2. The quantitative estimate of drug-likeness (QED) is 0.873. The zero-order valence-corrected chi connectivity index (χ0v) is 12.9. The second-order valence-electron chi connectivity index (χ2n) is 5.41. The zero-order chi connectivity index (χ0) is 13.8. The summed E-state index contributed by atoms with van der Waals surface area (Å²) in [5, 5.41) is 19.6. The van der Waals surface area contributed by atoms with Crippen molar-refractivity contribution >= 4 is 15.9 Å². The minimum atomic E-state index is -0.437. The standard InChI is InChI=1S/C15H22BrNO2/c1-11-5-7-17(14(11)10-18)8-6-15(19)12-3-2-4-13(16)9-12/h2-4,9,11,14-15,18-19H,5-8,10H2,1H3. The van der Waals surface area contributed by atoms with E-state index in [4.69, 9.17) is 0 Å². The largest absolute Gasteiger partial charge is 0.395 e. The van der Waals surface area contributed by atoms with Gasteiger partial charge in [-0.15, -0.1) is 0 Å². The van der Waals surface area contributed by atoms with Crippen LogP contribution in [0.1, 0.15) is 31.4 Å². The van der Waals surface area contributed by atoms with Crippen molar-refractivity contribution in [2.45, 2.75) is 31.9 Å². The van der Waals surface area contributed by atoms with Crippen molar-refractivity contribution in [2.24, 2.45) is 5.92 Å². The molecule has 106 valence electrons. The molecule has 0 aliphatic carbocycles. The van der Waals surface area contributed by atoms with Gasteiger partial charge in [-0.1, -0.05) is 35.0 Å². The molecule has 0 radical (unpaired) electrons. The van der Waals surface area contributed by atoms with Crippen LogP contribution in [-0.2, 0) is 0 Å². The van der Waals surface area contributed by atoms with E-state index in [1.807, 2.05) is 24.3 Å². The maximum absolute atomic E-state index is 10.2. The molecule has 0 amide bonds. The third-order valence-electron chi connectivity index (χ3n) is 4.11. The number of benzene rings is 1. The van der Waals surface area contributed by atoms with Gasteiger partial charge >= 0.3 is 0 Å². The molecular formula is C15H22BrNO2. The lowest BCUT2D eigenvalue weighted by Crippen LogP contribution is -2.36. The third-order valence-corrected chi connectivity index (χ3v) is 4.60. The van der Waals surface area contributed by atoms with Gasteiger partial charge < -0.3 is 10.2 Å². The van der Waals surface area contributed by atoms with Gasteiger partial charge in [0.25, 0.3) is 0 Å². The lowest BCUT2D eigenvalue weighted by atomic mass is 10.0. The van der Waals surface area contributed by atoms with Crippen molar-refractivity contribution in [3.05, 3.63) is 34.3 Å². The summed E-state index contributed by atoms with van der Waals surface area (Å²) in [5.41, 5.74) is 0.946. The minimum Gasteiger partial charge on any atom is -0.395 e. The van der Waals surface area contributed by atoms with Gasteiger partial charge in [0.2, 0.25) is 0 Å².